The summed E-state index contributed by atoms with van der Waals surface area (Å²) in [7, 11) is 1.77. The zero-order valence-electron chi connectivity index (χ0n) is 10.0. The van der Waals surface area contributed by atoms with Crippen molar-refractivity contribution in [1.29, 1.82) is 0 Å². The van der Waals surface area contributed by atoms with Gasteiger partial charge in [-0.05, 0) is 43.7 Å². The molecule has 0 aliphatic heterocycles. The fraction of sp³-hybridized carbons (Fsp3) is 0.571. The Hall–Kier alpha value is -0.500. The number of hydrogen-bond acceptors (Lipinski definition) is 1. The minimum absolute atomic E-state index is 0.660. The summed E-state index contributed by atoms with van der Waals surface area (Å²) in [4.78, 5) is 0.677. The zero-order valence-corrected chi connectivity index (χ0v) is 11.6. The van der Waals surface area contributed by atoms with Crippen LogP contribution in [0.4, 0.5) is 0 Å². The minimum Gasteiger partial charge on any atom is -0.496 e. The van der Waals surface area contributed by atoms with E-state index in [2.05, 4.69) is 41.1 Å². The summed E-state index contributed by atoms with van der Waals surface area (Å²) < 4.78 is 5.47. The lowest BCUT2D eigenvalue weighted by Crippen LogP contribution is -2.14. The van der Waals surface area contributed by atoms with Gasteiger partial charge in [0.15, 0.2) is 0 Å². The molecule has 1 aliphatic rings. The lowest BCUT2D eigenvalue weighted by molar-refractivity contribution is 0.390. The molecule has 2 heteroatoms. The zero-order chi connectivity index (χ0) is 11.5. The Morgan fingerprint density at radius 3 is 2.81 bits per heavy atom. The largest absolute Gasteiger partial charge is 0.496 e. The number of halogens is 1. The Kier molecular flexibility index (Phi) is 3.91. The van der Waals surface area contributed by atoms with Crippen LogP contribution in [0.1, 0.15) is 42.7 Å². The second kappa shape index (κ2) is 5.22. The van der Waals surface area contributed by atoms with Crippen LogP contribution in [0, 0.1) is 6.92 Å². The molecule has 0 heterocycles. The Morgan fingerprint density at radius 2 is 2.12 bits per heavy atom. The number of aryl methyl sites for hydroxylation is 1. The molecule has 0 spiro atoms. The Balaban J connectivity index is 2.26. The minimum atomic E-state index is 0.660. The van der Waals surface area contributed by atoms with Gasteiger partial charge in [-0.1, -0.05) is 40.0 Å². The first-order chi connectivity index (χ1) is 7.70. The number of methoxy groups -OCH3 is 1. The Labute approximate surface area is 106 Å². The van der Waals surface area contributed by atoms with Crippen molar-refractivity contribution in [3.8, 4) is 5.75 Å². The summed E-state index contributed by atoms with van der Waals surface area (Å²) in [6.07, 6.45) is 5.16. The fourth-order valence-corrected chi connectivity index (χ4v) is 3.36. The molecule has 0 aromatic heterocycles. The molecule has 1 nitrogen and oxygen atoms in total. The molecule has 2 atom stereocenters. The van der Waals surface area contributed by atoms with Crippen molar-refractivity contribution in [2.45, 2.75) is 43.4 Å². The van der Waals surface area contributed by atoms with Gasteiger partial charge in [-0.2, -0.15) is 0 Å². The van der Waals surface area contributed by atoms with Crippen LogP contribution in [-0.4, -0.2) is 11.9 Å². The van der Waals surface area contributed by atoms with E-state index in [0.29, 0.717) is 10.7 Å². The first kappa shape index (κ1) is 12.0. The van der Waals surface area contributed by atoms with Crippen molar-refractivity contribution in [1.82, 2.24) is 0 Å². The standard InChI is InChI=1S/C14H19BrO/c1-10-6-7-14(16-2)13(8-10)11-4-3-5-12(15)9-11/h6-8,11-12H,3-5,9H2,1-2H3. The van der Waals surface area contributed by atoms with Crippen LogP contribution in [0.5, 0.6) is 5.75 Å². The van der Waals surface area contributed by atoms with Gasteiger partial charge in [0, 0.05) is 4.83 Å². The van der Waals surface area contributed by atoms with Gasteiger partial charge in [0.05, 0.1) is 7.11 Å². The molecule has 16 heavy (non-hydrogen) atoms. The topological polar surface area (TPSA) is 9.23 Å². The smallest absolute Gasteiger partial charge is 0.122 e. The van der Waals surface area contributed by atoms with Crippen LogP contribution in [0.25, 0.3) is 0 Å². The van der Waals surface area contributed by atoms with E-state index in [-0.39, 0.29) is 0 Å². The van der Waals surface area contributed by atoms with Crippen LogP contribution < -0.4 is 4.74 Å². The van der Waals surface area contributed by atoms with Crippen molar-refractivity contribution < 1.29 is 4.74 Å². The summed E-state index contributed by atoms with van der Waals surface area (Å²) in [5.41, 5.74) is 2.72. The highest BCUT2D eigenvalue weighted by Gasteiger charge is 2.23. The highest BCUT2D eigenvalue weighted by molar-refractivity contribution is 9.09. The molecular weight excluding hydrogens is 264 g/mol. The van der Waals surface area contributed by atoms with E-state index in [1.165, 1.54) is 36.8 Å². The van der Waals surface area contributed by atoms with Crippen LogP contribution in [0.15, 0.2) is 18.2 Å². The Bertz CT molecular complexity index is 362. The highest BCUT2D eigenvalue weighted by Crippen LogP contribution is 2.39. The molecule has 2 rings (SSSR count). The third kappa shape index (κ3) is 2.60. The number of rotatable bonds is 2. The van der Waals surface area contributed by atoms with E-state index in [0.717, 1.165) is 5.75 Å². The van der Waals surface area contributed by atoms with Gasteiger partial charge in [-0.15, -0.1) is 0 Å². The van der Waals surface area contributed by atoms with Crippen molar-refractivity contribution in [3.63, 3.8) is 0 Å². The molecule has 1 fully saturated rings. The Morgan fingerprint density at radius 1 is 1.31 bits per heavy atom. The number of ether oxygens (including phenoxy) is 1. The summed E-state index contributed by atoms with van der Waals surface area (Å²) in [6, 6.07) is 6.51. The molecule has 1 aliphatic carbocycles. The van der Waals surface area contributed by atoms with Gasteiger partial charge in [-0.25, -0.2) is 0 Å². The maximum atomic E-state index is 5.47. The maximum Gasteiger partial charge on any atom is 0.122 e. The molecule has 1 aromatic carbocycles. The number of hydrogen-bond donors (Lipinski definition) is 0. The van der Waals surface area contributed by atoms with Crippen LogP contribution in [0.3, 0.4) is 0 Å². The quantitative estimate of drug-likeness (QED) is 0.730. The molecule has 0 bridgehead atoms. The molecule has 0 amide bonds. The highest BCUT2D eigenvalue weighted by atomic mass is 79.9. The van der Waals surface area contributed by atoms with E-state index >= 15 is 0 Å². The number of benzene rings is 1. The van der Waals surface area contributed by atoms with E-state index in [4.69, 9.17) is 4.74 Å². The van der Waals surface area contributed by atoms with Crippen molar-refractivity contribution in [3.05, 3.63) is 29.3 Å². The molecule has 1 saturated carbocycles. The first-order valence-electron chi connectivity index (χ1n) is 5.99. The van der Waals surface area contributed by atoms with E-state index in [1.807, 2.05) is 0 Å². The molecule has 0 N–H and O–H groups in total. The number of alkyl halides is 1. The third-order valence-electron chi connectivity index (χ3n) is 3.44. The summed E-state index contributed by atoms with van der Waals surface area (Å²) in [5.74, 6) is 1.71. The van der Waals surface area contributed by atoms with E-state index in [9.17, 15) is 0 Å². The molecular formula is C14H19BrO. The third-order valence-corrected chi connectivity index (χ3v) is 4.27. The molecule has 1 aromatic rings. The van der Waals surface area contributed by atoms with Crippen LogP contribution in [-0.2, 0) is 0 Å². The molecule has 2 unspecified atom stereocenters. The van der Waals surface area contributed by atoms with Gasteiger partial charge in [-0.3, -0.25) is 0 Å². The van der Waals surface area contributed by atoms with Gasteiger partial charge in [0.25, 0.3) is 0 Å². The van der Waals surface area contributed by atoms with Crippen molar-refractivity contribution >= 4 is 15.9 Å². The first-order valence-corrected chi connectivity index (χ1v) is 6.91. The predicted molar refractivity (Wildman–Crippen MR) is 71.7 cm³/mol. The lowest BCUT2D eigenvalue weighted by atomic mass is 9.83. The lowest BCUT2D eigenvalue weighted by Gasteiger charge is -2.27. The van der Waals surface area contributed by atoms with Gasteiger partial charge in [0.1, 0.15) is 5.75 Å². The van der Waals surface area contributed by atoms with Crippen LogP contribution >= 0.6 is 15.9 Å². The fourth-order valence-electron chi connectivity index (χ4n) is 2.59. The van der Waals surface area contributed by atoms with Crippen molar-refractivity contribution in [2.24, 2.45) is 0 Å². The second-order valence-electron chi connectivity index (χ2n) is 4.71. The van der Waals surface area contributed by atoms with E-state index in [1.54, 1.807) is 7.11 Å². The van der Waals surface area contributed by atoms with Crippen molar-refractivity contribution in [2.75, 3.05) is 7.11 Å². The summed E-state index contributed by atoms with van der Waals surface area (Å²) in [6.45, 7) is 2.15. The van der Waals surface area contributed by atoms with Gasteiger partial charge >= 0.3 is 0 Å². The molecule has 88 valence electrons. The SMILES string of the molecule is COc1ccc(C)cc1C1CCCC(Br)C1. The maximum absolute atomic E-state index is 5.47. The van der Waals surface area contributed by atoms with Gasteiger partial charge < -0.3 is 4.74 Å². The molecule has 0 radical (unpaired) electrons. The summed E-state index contributed by atoms with van der Waals surface area (Å²) in [5, 5.41) is 0. The second-order valence-corrected chi connectivity index (χ2v) is 6.00. The van der Waals surface area contributed by atoms with Crippen LogP contribution in [0.2, 0.25) is 0 Å². The monoisotopic (exact) mass is 282 g/mol. The van der Waals surface area contributed by atoms with E-state index < -0.39 is 0 Å². The average Bonchev–Trinajstić information content (AvgIpc) is 2.29. The molecule has 0 saturated heterocycles. The predicted octanol–water partition coefficient (Wildman–Crippen LogP) is 4.42. The summed E-state index contributed by atoms with van der Waals surface area (Å²) >= 11 is 3.75. The van der Waals surface area contributed by atoms with Gasteiger partial charge in [0.2, 0.25) is 0 Å². The normalized spacial score (nSPS) is 25.4. The average molecular weight is 283 g/mol.